The maximum atomic E-state index is 14.3. The fourth-order valence-electron chi connectivity index (χ4n) is 4.41. The lowest BCUT2D eigenvalue weighted by Gasteiger charge is -2.15. The SMILES string of the molecule is O=C(Nc1ccc(-n2cccn2)c(Cl)c1)c1cnn(-c2ccc3c4c(cccc24)C(=O)N3)c1C(F)(F)F. The van der Waals surface area contributed by atoms with Crippen LogP contribution in [0.2, 0.25) is 5.02 Å². The molecule has 3 aromatic carbocycles. The van der Waals surface area contributed by atoms with E-state index in [9.17, 15) is 22.8 Å². The van der Waals surface area contributed by atoms with Crippen molar-refractivity contribution >= 4 is 45.6 Å². The van der Waals surface area contributed by atoms with Crippen molar-refractivity contribution in [1.82, 2.24) is 19.6 Å². The molecule has 0 unspecified atom stereocenters. The van der Waals surface area contributed by atoms with E-state index in [1.54, 1.807) is 42.7 Å². The minimum absolute atomic E-state index is 0.0788. The fraction of sp³-hybridized carbons (Fsp3) is 0.0400. The maximum absolute atomic E-state index is 14.3. The summed E-state index contributed by atoms with van der Waals surface area (Å²) in [5.41, 5.74) is -0.262. The molecule has 0 radical (unpaired) electrons. The Balaban J connectivity index is 1.41. The number of benzene rings is 3. The van der Waals surface area contributed by atoms with Gasteiger partial charge in [-0.2, -0.15) is 23.4 Å². The van der Waals surface area contributed by atoms with E-state index in [4.69, 9.17) is 11.6 Å². The topological polar surface area (TPSA) is 93.8 Å². The first-order valence-electron chi connectivity index (χ1n) is 10.9. The largest absolute Gasteiger partial charge is 0.434 e. The highest BCUT2D eigenvalue weighted by molar-refractivity contribution is 6.32. The second-order valence-corrected chi connectivity index (χ2v) is 8.61. The number of nitrogens with one attached hydrogen (secondary N) is 2. The van der Waals surface area contributed by atoms with E-state index in [2.05, 4.69) is 20.8 Å². The van der Waals surface area contributed by atoms with Crippen molar-refractivity contribution in [2.75, 3.05) is 10.6 Å². The Labute approximate surface area is 211 Å². The summed E-state index contributed by atoms with van der Waals surface area (Å²) in [6.45, 7) is 0. The van der Waals surface area contributed by atoms with Crippen molar-refractivity contribution in [2.24, 2.45) is 0 Å². The van der Waals surface area contributed by atoms with Gasteiger partial charge in [-0.25, -0.2) is 9.36 Å². The third kappa shape index (κ3) is 3.71. The summed E-state index contributed by atoms with van der Waals surface area (Å²) in [5.74, 6) is -1.35. The molecule has 2 N–H and O–H groups in total. The first-order chi connectivity index (χ1) is 17.7. The molecule has 1 aliphatic heterocycles. The molecule has 2 amide bonds. The van der Waals surface area contributed by atoms with Gasteiger partial charge in [-0.1, -0.05) is 23.7 Å². The molecular formula is C25H14ClF3N6O2. The number of hydrogen-bond donors (Lipinski definition) is 2. The molecule has 0 saturated heterocycles. The van der Waals surface area contributed by atoms with Gasteiger partial charge in [0.05, 0.1) is 28.2 Å². The molecular weight excluding hydrogens is 509 g/mol. The maximum Gasteiger partial charge on any atom is 0.434 e. The Morgan fingerprint density at radius 3 is 2.57 bits per heavy atom. The van der Waals surface area contributed by atoms with E-state index >= 15 is 0 Å². The third-order valence-electron chi connectivity index (χ3n) is 5.98. The van der Waals surface area contributed by atoms with Crippen LogP contribution >= 0.6 is 11.6 Å². The smallest absolute Gasteiger partial charge is 0.322 e. The van der Waals surface area contributed by atoms with E-state index in [1.807, 2.05) is 0 Å². The van der Waals surface area contributed by atoms with Crippen LogP contribution in [0.5, 0.6) is 0 Å². The minimum Gasteiger partial charge on any atom is -0.322 e. The zero-order chi connectivity index (χ0) is 25.9. The predicted octanol–water partition coefficient (Wildman–Crippen LogP) is 5.70. The molecule has 8 nitrogen and oxygen atoms in total. The van der Waals surface area contributed by atoms with Crippen molar-refractivity contribution in [3.8, 4) is 11.4 Å². The quantitative estimate of drug-likeness (QED) is 0.316. The van der Waals surface area contributed by atoms with Crippen LogP contribution in [0.1, 0.15) is 26.4 Å². The van der Waals surface area contributed by atoms with Crippen molar-refractivity contribution < 1.29 is 22.8 Å². The Morgan fingerprint density at radius 1 is 1.03 bits per heavy atom. The zero-order valence-corrected chi connectivity index (χ0v) is 19.3. The molecule has 37 heavy (non-hydrogen) atoms. The lowest BCUT2D eigenvalue weighted by Crippen LogP contribution is -2.21. The molecule has 0 atom stereocenters. The van der Waals surface area contributed by atoms with Crippen LogP contribution in [0.3, 0.4) is 0 Å². The Hall–Kier alpha value is -4.64. The highest BCUT2D eigenvalue weighted by Gasteiger charge is 2.41. The molecule has 0 aliphatic carbocycles. The summed E-state index contributed by atoms with van der Waals surface area (Å²) in [7, 11) is 0. The average Bonchev–Trinajstić information content (AvgIpc) is 3.60. The highest BCUT2D eigenvalue weighted by atomic mass is 35.5. The third-order valence-corrected chi connectivity index (χ3v) is 6.28. The van der Waals surface area contributed by atoms with Gasteiger partial charge in [0, 0.05) is 40.1 Å². The van der Waals surface area contributed by atoms with Crippen LogP contribution in [-0.2, 0) is 6.18 Å². The van der Waals surface area contributed by atoms with Crippen LogP contribution in [0.25, 0.3) is 22.1 Å². The van der Waals surface area contributed by atoms with Crippen LogP contribution < -0.4 is 10.6 Å². The van der Waals surface area contributed by atoms with Gasteiger partial charge in [-0.3, -0.25) is 9.59 Å². The lowest BCUT2D eigenvalue weighted by atomic mass is 10.0. The molecule has 2 aromatic heterocycles. The minimum atomic E-state index is -4.92. The van der Waals surface area contributed by atoms with Gasteiger partial charge in [0.15, 0.2) is 5.69 Å². The number of halogens is 4. The molecule has 184 valence electrons. The van der Waals surface area contributed by atoms with Crippen molar-refractivity contribution in [2.45, 2.75) is 6.18 Å². The van der Waals surface area contributed by atoms with Crippen LogP contribution in [0.15, 0.2) is 73.2 Å². The summed E-state index contributed by atoms with van der Waals surface area (Å²) in [5, 5.41) is 14.3. The average molecular weight is 523 g/mol. The van der Waals surface area contributed by atoms with E-state index in [-0.39, 0.29) is 22.3 Å². The van der Waals surface area contributed by atoms with Crippen molar-refractivity contribution in [3.05, 3.63) is 95.0 Å². The van der Waals surface area contributed by atoms with Gasteiger partial charge in [-0.05, 0) is 42.5 Å². The lowest BCUT2D eigenvalue weighted by molar-refractivity contribution is -0.143. The summed E-state index contributed by atoms with van der Waals surface area (Å²) in [6.07, 6.45) is -0.805. The number of alkyl halides is 3. The normalized spacial score (nSPS) is 12.7. The number of hydrogen-bond acceptors (Lipinski definition) is 4. The summed E-state index contributed by atoms with van der Waals surface area (Å²) >= 11 is 6.30. The molecule has 0 saturated carbocycles. The number of amides is 2. The van der Waals surface area contributed by atoms with Gasteiger partial charge in [0.1, 0.15) is 0 Å². The van der Waals surface area contributed by atoms with Gasteiger partial charge in [0.2, 0.25) is 0 Å². The Bertz CT molecular complexity index is 1730. The fourth-order valence-corrected chi connectivity index (χ4v) is 4.68. The second kappa shape index (κ2) is 8.20. The van der Waals surface area contributed by atoms with Gasteiger partial charge >= 0.3 is 6.18 Å². The Kier molecular flexibility index (Phi) is 5.06. The van der Waals surface area contributed by atoms with Crippen molar-refractivity contribution in [1.29, 1.82) is 0 Å². The number of carbonyl (C=O) groups is 2. The number of aromatic nitrogens is 4. The van der Waals surface area contributed by atoms with Gasteiger partial charge < -0.3 is 10.6 Å². The molecule has 12 heteroatoms. The van der Waals surface area contributed by atoms with E-state index in [1.165, 1.54) is 28.9 Å². The summed E-state index contributed by atoms with van der Waals surface area (Å²) in [6, 6.07) is 13.9. The highest BCUT2D eigenvalue weighted by Crippen LogP contribution is 2.39. The number of anilines is 2. The molecule has 5 aromatic rings. The van der Waals surface area contributed by atoms with E-state index in [0.29, 0.717) is 32.4 Å². The second-order valence-electron chi connectivity index (χ2n) is 8.20. The number of rotatable bonds is 4. The van der Waals surface area contributed by atoms with Crippen LogP contribution in [-0.4, -0.2) is 31.4 Å². The van der Waals surface area contributed by atoms with Crippen LogP contribution in [0.4, 0.5) is 24.5 Å². The van der Waals surface area contributed by atoms with Gasteiger partial charge in [-0.15, -0.1) is 0 Å². The molecule has 6 rings (SSSR count). The van der Waals surface area contributed by atoms with E-state index < -0.39 is 23.3 Å². The molecule has 3 heterocycles. The zero-order valence-electron chi connectivity index (χ0n) is 18.5. The molecule has 0 bridgehead atoms. The van der Waals surface area contributed by atoms with Gasteiger partial charge in [0.25, 0.3) is 11.8 Å². The summed E-state index contributed by atoms with van der Waals surface area (Å²) < 4.78 is 45.1. The monoisotopic (exact) mass is 522 g/mol. The van der Waals surface area contributed by atoms with Crippen LogP contribution in [0, 0.1) is 0 Å². The molecule has 0 spiro atoms. The number of carbonyl (C=O) groups excluding carboxylic acids is 2. The number of nitrogens with zero attached hydrogens (tertiary/aromatic N) is 4. The predicted molar refractivity (Wildman–Crippen MR) is 131 cm³/mol. The Morgan fingerprint density at radius 2 is 1.84 bits per heavy atom. The molecule has 1 aliphatic rings. The molecule has 0 fully saturated rings. The van der Waals surface area contributed by atoms with Crippen molar-refractivity contribution in [3.63, 3.8) is 0 Å². The first kappa shape index (κ1) is 22.8. The first-order valence-corrected chi connectivity index (χ1v) is 11.2. The van der Waals surface area contributed by atoms with E-state index in [0.717, 1.165) is 6.20 Å². The standard InChI is InChI=1S/C25H14ClF3N6O2/c26-17-11-13(5-7-20(17)34-10-2-9-30-34)32-24(37)16-12-31-35(22(16)25(27,28)29)19-8-6-18-21-14(19)3-1-4-15(21)23(36)33-18/h1-12H,(H,32,37)(H,33,36). The summed E-state index contributed by atoms with van der Waals surface area (Å²) in [4.78, 5) is 25.2.